The third-order valence-corrected chi connectivity index (χ3v) is 8.65. The Kier molecular flexibility index (Phi) is 4.89. The molecule has 0 aliphatic heterocycles. The van der Waals surface area contributed by atoms with Crippen LogP contribution in [0.2, 0.25) is 0 Å². The molecule has 0 saturated carbocycles. The number of nitrogens with zero attached hydrogens (tertiary/aromatic N) is 1. The molecule has 0 bridgehead atoms. The fourth-order valence-electron chi connectivity index (χ4n) is 5.80. The molecule has 0 unspecified atom stereocenters. The Morgan fingerprint density at radius 1 is 0.829 bits per heavy atom. The number of thiophene rings is 1. The van der Waals surface area contributed by atoms with Crippen molar-refractivity contribution in [3.05, 3.63) is 119 Å². The predicted molar refractivity (Wildman–Crippen MR) is 152 cm³/mol. The Balaban J connectivity index is 1.59. The Bertz CT molecular complexity index is 1670. The molecule has 0 saturated heterocycles. The standard InChI is InChI=1S/C33H27NS/c1-22-10-9-15-26(20-22)34(25-13-3-2-4-14-25)29-21-24-12-6-8-17-28(24)32-31-27-16-7-5-11-23(27)18-19-30(31)35-33(29)32/h3,5-17,20-21H,2,4,18-19H2,1H3. The first-order valence-electron chi connectivity index (χ1n) is 12.6. The first-order valence-corrected chi connectivity index (χ1v) is 13.4. The van der Waals surface area contributed by atoms with Gasteiger partial charge in [0.25, 0.3) is 0 Å². The number of fused-ring (bicyclic) bond motifs is 7. The summed E-state index contributed by atoms with van der Waals surface area (Å²) >= 11 is 2.00. The Hall–Kier alpha value is -3.62. The number of benzene rings is 4. The molecule has 1 nitrogen and oxygen atoms in total. The molecule has 0 amide bonds. The van der Waals surface area contributed by atoms with E-state index >= 15 is 0 Å². The molecular formula is C33H27NS. The van der Waals surface area contributed by atoms with E-state index in [0.717, 1.165) is 25.7 Å². The van der Waals surface area contributed by atoms with Gasteiger partial charge in [-0.05, 0) is 84.3 Å². The summed E-state index contributed by atoms with van der Waals surface area (Å²) in [5.74, 6) is 0. The van der Waals surface area contributed by atoms with Crippen LogP contribution in [0.5, 0.6) is 0 Å². The zero-order valence-corrected chi connectivity index (χ0v) is 20.7. The van der Waals surface area contributed by atoms with Crippen molar-refractivity contribution in [2.45, 2.75) is 32.6 Å². The van der Waals surface area contributed by atoms with Gasteiger partial charge in [0, 0.05) is 27.2 Å². The zero-order chi connectivity index (χ0) is 23.4. The van der Waals surface area contributed by atoms with E-state index in [1.54, 1.807) is 0 Å². The van der Waals surface area contributed by atoms with Gasteiger partial charge in [-0.25, -0.2) is 0 Å². The lowest BCUT2D eigenvalue weighted by Crippen LogP contribution is -2.16. The SMILES string of the molecule is Cc1cccc(N(C2=CCCC=C2)c2cc3ccccc3c3c4c(sc23)CCc2ccccc2-4)c1. The van der Waals surface area contributed by atoms with Gasteiger partial charge in [0.1, 0.15) is 0 Å². The van der Waals surface area contributed by atoms with Crippen LogP contribution in [0.3, 0.4) is 0 Å². The molecule has 2 aliphatic carbocycles. The van der Waals surface area contributed by atoms with Crippen LogP contribution in [0, 0.1) is 6.92 Å². The molecular weight excluding hydrogens is 442 g/mol. The van der Waals surface area contributed by atoms with Crippen LogP contribution in [0.1, 0.15) is 28.8 Å². The van der Waals surface area contributed by atoms with Gasteiger partial charge in [0.05, 0.1) is 10.4 Å². The smallest absolute Gasteiger partial charge is 0.0646 e. The molecule has 0 radical (unpaired) electrons. The fraction of sp³-hybridized carbons (Fsp3) is 0.152. The van der Waals surface area contributed by atoms with E-state index in [2.05, 4.69) is 109 Å². The monoisotopic (exact) mass is 469 g/mol. The molecule has 1 aromatic heterocycles. The molecule has 5 aromatic rings. The molecule has 7 rings (SSSR count). The highest BCUT2D eigenvalue weighted by atomic mass is 32.1. The maximum Gasteiger partial charge on any atom is 0.0646 e. The van der Waals surface area contributed by atoms with Gasteiger partial charge in [-0.1, -0.05) is 72.8 Å². The molecule has 0 spiro atoms. The number of rotatable bonds is 3. The Morgan fingerprint density at radius 3 is 2.60 bits per heavy atom. The van der Waals surface area contributed by atoms with Crippen molar-refractivity contribution in [1.82, 2.24) is 0 Å². The number of aryl methyl sites for hydroxylation is 3. The normalized spacial score (nSPS) is 14.6. The average Bonchev–Trinajstić information content (AvgIpc) is 3.30. The Labute approximate surface area is 210 Å². The summed E-state index contributed by atoms with van der Waals surface area (Å²) in [5.41, 5.74) is 9.42. The number of anilines is 2. The van der Waals surface area contributed by atoms with E-state index in [1.165, 1.54) is 65.1 Å². The van der Waals surface area contributed by atoms with Gasteiger partial charge in [0.15, 0.2) is 0 Å². The Morgan fingerprint density at radius 2 is 1.71 bits per heavy atom. The van der Waals surface area contributed by atoms with Crippen LogP contribution >= 0.6 is 11.3 Å². The van der Waals surface area contributed by atoms with E-state index in [1.807, 2.05) is 11.3 Å². The molecule has 35 heavy (non-hydrogen) atoms. The van der Waals surface area contributed by atoms with E-state index in [-0.39, 0.29) is 0 Å². The van der Waals surface area contributed by atoms with Gasteiger partial charge >= 0.3 is 0 Å². The van der Waals surface area contributed by atoms with Crippen LogP contribution in [0.4, 0.5) is 11.4 Å². The molecule has 170 valence electrons. The lowest BCUT2D eigenvalue weighted by atomic mass is 9.87. The summed E-state index contributed by atoms with van der Waals surface area (Å²) in [6.07, 6.45) is 11.4. The lowest BCUT2D eigenvalue weighted by molar-refractivity contribution is 0.965. The van der Waals surface area contributed by atoms with Crippen molar-refractivity contribution in [3.63, 3.8) is 0 Å². The van der Waals surface area contributed by atoms with E-state index < -0.39 is 0 Å². The zero-order valence-electron chi connectivity index (χ0n) is 19.9. The molecule has 0 N–H and O–H groups in total. The first-order chi connectivity index (χ1) is 17.3. The quantitative estimate of drug-likeness (QED) is 0.254. The highest BCUT2D eigenvalue weighted by molar-refractivity contribution is 7.20. The minimum atomic E-state index is 1.08. The largest absolute Gasteiger partial charge is 0.309 e. The van der Waals surface area contributed by atoms with Gasteiger partial charge in [-0.3, -0.25) is 0 Å². The third kappa shape index (κ3) is 3.36. The van der Waals surface area contributed by atoms with Crippen molar-refractivity contribution >= 4 is 43.6 Å². The number of allylic oxidation sites excluding steroid dienone is 3. The van der Waals surface area contributed by atoms with Crippen molar-refractivity contribution in [1.29, 1.82) is 0 Å². The molecule has 2 aliphatic rings. The van der Waals surface area contributed by atoms with Crippen LogP contribution in [-0.4, -0.2) is 0 Å². The van der Waals surface area contributed by atoms with Gasteiger partial charge in [0.2, 0.25) is 0 Å². The maximum atomic E-state index is 2.49. The second-order valence-corrected chi connectivity index (χ2v) is 10.8. The fourth-order valence-corrected chi connectivity index (χ4v) is 7.13. The average molecular weight is 470 g/mol. The maximum absolute atomic E-state index is 2.49. The van der Waals surface area contributed by atoms with Crippen LogP contribution in [0.15, 0.2) is 103 Å². The topological polar surface area (TPSA) is 3.24 Å². The summed E-state index contributed by atoms with van der Waals surface area (Å²) in [4.78, 5) is 4.01. The van der Waals surface area contributed by atoms with E-state index in [9.17, 15) is 0 Å². The minimum Gasteiger partial charge on any atom is -0.309 e. The van der Waals surface area contributed by atoms with Gasteiger partial charge in [-0.15, -0.1) is 11.3 Å². The van der Waals surface area contributed by atoms with Crippen LogP contribution in [0.25, 0.3) is 32.0 Å². The summed E-state index contributed by atoms with van der Waals surface area (Å²) in [6.45, 7) is 2.18. The number of hydrogen-bond acceptors (Lipinski definition) is 2. The highest BCUT2D eigenvalue weighted by Gasteiger charge is 2.26. The third-order valence-electron chi connectivity index (χ3n) is 7.38. The number of hydrogen-bond donors (Lipinski definition) is 0. The lowest BCUT2D eigenvalue weighted by Gasteiger charge is -2.29. The van der Waals surface area contributed by atoms with Crippen LogP contribution in [-0.2, 0) is 12.8 Å². The summed E-state index contributed by atoms with van der Waals surface area (Å²) in [6, 6.07) is 29.3. The molecule has 2 heteroatoms. The van der Waals surface area contributed by atoms with Gasteiger partial charge < -0.3 is 4.90 Å². The van der Waals surface area contributed by atoms with Gasteiger partial charge in [-0.2, -0.15) is 0 Å². The van der Waals surface area contributed by atoms with Crippen molar-refractivity contribution in [2.75, 3.05) is 4.90 Å². The summed E-state index contributed by atoms with van der Waals surface area (Å²) in [5, 5.41) is 4.08. The molecule has 0 fully saturated rings. The van der Waals surface area contributed by atoms with Crippen molar-refractivity contribution < 1.29 is 0 Å². The summed E-state index contributed by atoms with van der Waals surface area (Å²) in [7, 11) is 0. The molecule has 1 heterocycles. The first kappa shape index (κ1) is 20.7. The summed E-state index contributed by atoms with van der Waals surface area (Å²) < 4.78 is 1.40. The predicted octanol–water partition coefficient (Wildman–Crippen LogP) is 9.50. The molecule has 0 atom stereocenters. The van der Waals surface area contributed by atoms with Crippen LogP contribution < -0.4 is 4.90 Å². The molecule has 4 aromatic carbocycles. The second kappa shape index (κ2) is 8.25. The second-order valence-electron chi connectivity index (χ2n) is 9.66. The highest BCUT2D eigenvalue weighted by Crippen LogP contribution is 2.51. The minimum absolute atomic E-state index is 1.08. The van der Waals surface area contributed by atoms with Crippen molar-refractivity contribution in [3.8, 4) is 11.1 Å². The van der Waals surface area contributed by atoms with E-state index in [4.69, 9.17) is 0 Å². The van der Waals surface area contributed by atoms with Crippen molar-refractivity contribution in [2.24, 2.45) is 0 Å². The van der Waals surface area contributed by atoms with E-state index in [0.29, 0.717) is 0 Å².